The number of carbonyl (C=O) groups is 1. The van der Waals surface area contributed by atoms with E-state index in [1.165, 1.54) is 36.4 Å². The smallest absolute Gasteiger partial charge is 0.280 e. The lowest BCUT2D eigenvalue weighted by Gasteiger charge is -2.11. The minimum Gasteiger partial charge on any atom is -0.456 e. The first-order valence-electron chi connectivity index (χ1n) is 9.64. The van der Waals surface area contributed by atoms with Crippen LogP contribution in [0.25, 0.3) is 17.4 Å². The fourth-order valence-corrected chi connectivity index (χ4v) is 3.87. The lowest BCUT2D eigenvalue weighted by atomic mass is 10.1. The van der Waals surface area contributed by atoms with Crippen molar-refractivity contribution in [1.82, 2.24) is 0 Å². The third-order valence-corrected chi connectivity index (χ3v) is 5.93. The van der Waals surface area contributed by atoms with Gasteiger partial charge in [0.2, 0.25) is 10.0 Å². The number of rotatable bonds is 5. The van der Waals surface area contributed by atoms with Gasteiger partial charge in [0.15, 0.2) is 0 Å². The largest absolute Gasteiger partial charge is 0.456 e. The molecule has 168 valence electrons. The van der Waals surface area contributed by atoms with E-state index in [4.69, 9.17) is 9.56 Å². The molecule has 0 spiro atoms. The summed E-state index contributed by atoms with van der Waals surface area (Å²) in [5.74, 6) is 0.184. The number of anilines is 1. The van der Waals surface area contributed by atoms with Crippen LogP contribution in [-0.4, -0.2) is 25.0 Å². The van der Waals surface area contributed by atoms with Crippen molar-refractivity contribution in [3.05, 3.63) is 81.6 Å². The Morgan fingerprint density at radius 2 is 1.79 bits per heavy atom. The van der Waals surface area contributed by atoms with Gasteiger partial charge >= 0.3 is 0 Å². The number of sulfonamides is 1. The normalized spacial score (nSPS) is 15.2. The SMILES string of the molecule is CC1=NN(c2ccc(S(N)(=O)=O)cc2)C(=O)C1=Cc1ccc(-c2ccc(C)cc2[N+](=O)[O-])o1. The molecule has 0 atom stereocenters. The summed E-state index contributed by atoms with van der Waals surface area (Å²) >= 11 is 0. The van der Waals surface area contributed by atoms with Gasteiger partial charge in [0, 0.05) is 6.07 Å². The summed E-state index contributed by atoms with van der Waals surface area (Å²) in [6.45, 7) is 3.41. The lowest BCUT2D eigenvalue weighted by Crippen LogP contribution is -2.21. The molecule has 33 heavy (non-hydrogen) atoms. The molecule has 0 unspecified atom stereocenters. The number of nitrogens with zero attached hydrogens (tertiary/aromatic N) is 3. The van der Waals surface area contributed by atoms with Crippen LogP contribution in [0.1, 0.15) is 18.2 Å². The standard InChI is InChI=1S/C22H18N4O6S/c1-13-3-9-18(20(11-13)26(28)29)21-10-6-16(32-21)12-19-14(2)24-25(22(19)27)15-4-7-17(8-5-15)33(23,30)31/h3-12H,1-2H3,(H2,23,30,31). The Morgan fingerprint density at radius 1 is 1.09 bits per heavy atom. The van der Waals surface area contributed by atoms with Crippen molar-refractivity contribution < 1.29 is 22.6 Å². The second-order valence-electron chi connectivity index (χ2n) is 7.38. The maximum Gasteiger partial charge on any atom is 0.280 e. The molecule has 1 aliphatic heterocycles. The van der Waals surface area contributed by atoms with Gasteiger partial charge in [0.1, 0.15) is 11.5 Å². The topological polar surface area (TPSA) is 149 Å². The van der Waals surface area contributed by atoms with E-state index in [0.29, 0.717) is 28.5 Å². The van der Waals surface area contributed by atoms with E-state index >= 15 is 0 Å². The molecule has 0 saturated carbocycles. The number of nitro benzene ring substituents is 1. The predicted octanol–water partition coefficient (Wildman–Crippen LogP) is 3.62. The molecule has 0 bridgehead atoms. The molecule has 0 saturated heterocycles. The fourth-order valence-electron chi connectivity index (χ4n) is 3.35. The number of hydrogen-bond acceptors (Lipinski definition) is 7. The van der Waals surface area contributed by atoms with Crippen molar-refractivity contribution >= 4 is 39.1 Å². The van der Waals surface area contributed by atoms with Gasteiger partial charge in [-0.15, -0.1) is 0 Å². The van der Waals surface area contributed by atoms with E-state index < -0.39 is 20.9 Å². The monoisotopic (exact) mass is 466 g/mol. The summed E-state index contributed by atoms with van der Waals surface area (Å²) < 4.78 is 28.6. The molecule has 3 aromatic rings. The molecule has 11 heteroatoms. The van der Waals surface area contributed by atoms with Gasteiger partial charge in [0.05, 0.1) is 32.4 Å². The summed E-state index contributed by atoms with van der Waals surface area (Å²) in [6.07, 6.45) is 1.50. The number of benzene rings is 2. The molecule has 0 radical (unpaired) electrons. The second kappa shape index (κ2) is 8.11. The molecular formula is C22H18N4O6S. The molecular weight excluding hydrogens is 448 g/mol. The van der Waals surface area contributed by atoms with Crippen LogP contribution in [0.2, 0.25) is 0 Å². The van der Waals surface area contributed by atoms with Gasteiger partial charge < -0.3 is 4.42 Å². The zero-order valence-electron chi connectivity index (χ0n) is 17.6. The van der Waals surface area contributed by atoms with E-state index in [1.807, 2.05) is 0 Å². The van der Waals surface area contributed by atoms with Crippen LogP contribution >= 0.6 is 0 Å². The number of carbonyl (C=O) groups excluding carboxylic acids is 1. The van der Waals surface area contributed by atoms with Crippen molar-refractivity contribution in [3.63, 3.8) is 0 Å². The van der Waals surface area contributed by atoms with Gasteiger partial charge in [-0.1, -0.05) is 6.07 Å². The molecule has 2 N–H and O–H groups in total. The average molecular weight is 466 g/mol. The van der Waals surface area contributed by atoms with Gasteiger partial charge in [-0.25, -0.2) is 13.6 Å². The quantitative estimate of drug-likeness (QED) is 0.345. The number of nitrogens with two attached hydrogens (primary N) is 1. The second-order valence-corrected chi connectivity index (χ2v) is 8.94. The van der Waals surface area contributed by atoms with Crippen LogP contribution in [0.15, 0.2) is 74.6 Å². The highest BCUT2D eigenvalue weighted by Crippen LogP contribution is 2.33. The van der Waals surface area contributed by atoms with Crippen LogP contribution < -0.4 is 10.1 Å². The van der Waals surface area contributed by atoms with Crippen molar-refractivity contribution in [1.29, 1.82) is 0 Å². The van der Waals surface area contributed by atoms with Gasteiger partial charge in [-0.05, 0) is 68.0 Å². The van der Waals surface area contributed by atoms with Crippen LogP contribution in [0.4, 0.5) is 11.4 Å². The minimum absolute atomic E-state index is 0.0765. The van der Waals surface area contributed by atoms with Crippen LogP contribution in [0.5, 0.6) is 0 Å². The molecule has 4 rings (SSSR count). The number of amides is 1. The Labute approximate surface area is 188 Å². The number of nitro groups is 1. The highest BCUT2D eigenvalue weighted by molar-refractivity contribution is 7.89. The maximum absolute atomic E-state index is 12.9. The molecule has 1 aromatic heterocycles. The molecule has 10 nitrogen and oxygen atoms in total. The molecule has 0 aliphatic carbocycles. The predicted molar refractivity (Wildman–Crippen MR) is 122 cm³/mol. The first kappa shape index (κ1) is 22.1. The van der Waals surface area contributed by atoms with Gasteiger partial charge in [-0.2, -0.15) is 10.1 Å². The van der Waals surface area contributed by atoms with Crippen molar-refractivity contribution in [2.45, 2.75) is 18.7 Å². The first-order chi connectivity index (χ1) is 15.5. The maximum atomic E-state index is 12.9. The number of hydrogen-bond donors (Lipinski definition) is 1. The highest BCUT2D eigenvalue weighted by atomic mass is 32.2. The number of aryl methyl sites for hydroxylation is 1. The molecule has 1 aliphatic rings. The van der Waals surface area contributed by atoms with Crippen LogP contribution in [-0.2, 0) is 14.8 Å². The summed E-state index contributed by atoms with van der Waals surface area (Å²) in [5, 5.41) is 21.9. The van der Waals surface area contributed by atoms with E-state index in [0.717, 1.165) is 10.6 Å². The van der Waals surface area contributed by atoms with Gasteiger partial charge in [-0.3, -0.25) is 14.9 Å². The zero-order valence-corrected chi connectivity index (χ0v) is 18.4. The Balaban J connectivity index is 1.63. The number of primary sulfonamides is 1. The van der Waals surface area contributed by atoms with Crippen LogP contribution in [0.3, 0.4) is 0 Å². The lowest BCUT2D eigenvalue weighted by molar-refractivity contribution is -0.384. The molecule has 2 heterocycles. The van der Waals surface area contributed by atoms with E-state index in [9.17, 15) is 23.3 Å². The Hall–Kier alpha value is -4.09. The third-order valence-electron chi connectivity index (χ3n) is 5.00. The van der Waals surface area contributed by atoms with E-state index in [2.05, 4.69) is 5.10 Å². The summed E-state index contributed by atoms with van der Waals surface area (Å²) in [7, 11) is -3.86. The third kappa shape index (κ3) is 4.31. The highest BCUT2D eigenvalue weighted by Gasteiger charge is 2.29. The summed E-state index contributed by atoms with van der Waals surface area (Å²) in [5.41, 5.74) is 2.06. The Morgan fingerprint density at radius 3 is 2.42 bits per heavy atom. The van der Waals surface area contributed by atoms with Crippen molar-refractivity contribution in [2.24, 2.45) is 10.2 Å². The van der Waals surface area contributed by atoms with E-state index in [-0.39, 0.29) is 16.2 Å². The minimum atomic E-state index is -3.86. The summed E-state index contributed by atoms with van der Waals surface area (Å²) in [6, 6.07) is 13.5. The van der Waals surface area contributed by atoms with Crippen molar-refractivity contribution in [2.75, 3.05) is 5.01 Å². The Bertz CT molecular complexity index is 1450. The molecule has 0 fully saturated rings. The van der Waals surface area contributed by atoms with Crippen molar-refractivity contribution in [3.8, 4) is 11.3 Å². The molecule has 2 aromatic carbocycles. The van der Waals surface area contributed by atoms with Crippen LogP contribution in [0, 0.1) is 17.0 Å². The first-order valence-corrected chi connectivity index (χ1v) is 11.2. The molecule has 1 amide bonds. The van der Waals surface area contributed by atoms with Gasteiger partial charge in [0.25, 0.3) is 11.6 Å². The number of furan rings is 1. The zero-order chi connectivity index (χ0) is 23.9. The number of hydrazone groups is 1. The van der Waals surface area contributed by atoms with E-state index in [1.54, 1.807) is 38.1 Å². The Kier molecular flexibility index (Phi) is 5.44. The summed E-state index contributed by atoms with van der Waals surface area (Å²) in [4.78, 5) is 23.8. The fraction of sp³-hybridized carbons (Fsp3) is 0.0909. The average Bonchev–Trinajstić information content (AvgIpc) is 3.33.